The summed E-state index contributed by atoms with van der Waals surface area (Å²) in [5.41, 5.74) is 0. The maximum atomic E-state index is 9.23. The summed E-state index contributed by atoms with van der Waals surface area (Å²) in [4.78, 5) is 0. The summed E-state index contributed by atoms with van der Waals surface area (Å²) in [6.07, 6.45) is 23.7. The SMILES string of the molecule is CCCCCCCCCCCCCCCCCCC[C@@H](O)CO. The van der Waals surface area contributed by atoms with Crippen molar-refractivity contribution in [3.63, 3.8) is 0 Å². The molecule has 0 fully saturated rings. The molecular formula is C21H44O2. The van der Waals surface area contributed by atoms with Gasteiger partial charge < -0.3 is 10.2 Å². The zero-order valence-electron chi connectivity index (χ0n) is 15.9. The smallest absolute Gasteiger partial charge is 0.0770 e. The number of aliphatic hydroxyl groups is 2. The van der Waals surface area contributed by atoms with Gasteiger partial charge in [-0.1, -0.05) is 116 Å². The van der Waals surface area contributed by atoms with Crippen molar-refractivity contribution in [1.29, 1.82) is 0 Å². The van der Waals surface area contributed by atoms with Crippen LogP contribution < -0.4 is 0 Å². The van der Waals surface area contributed by atoms with Gasteiger partial charge in [0.05, 0.1) is 12.7 Å². The molecule has 0 aromatic heterocycles. The van der Waals surface area contributed by atoms with E-state index < -0.39 is 6.10 Å². The minimum atomic E-state index is -0.494. The van der Waals surface area contributed by atoms with Crippen LogP contribution in [0.5, 0.6) is 0 Å². The fraction of sp³-hybridized carbons (Fsp3) is 1.00. The van der Waals surface area contributed by atoms with E-state index in [4.69, 9.17) is 5.11 Å². The number of rotatable bonds is 19. The van der Waals surface area contributed by atoms with Crippen molar-refractivity contribution < 1.29 is 10.2 Å². The van der Waals surface area contributed by atoms with E-state index in [1.165, 1.54) is 103 Å². The van der Waals surface area contributed by atoms with Crippen LogP contribution in [0.3, 0.4) is 0 Å². The van der Waals surface area contributed by atoms with Gasteiger partial charge in [0.15, 0.2) is 0 Å². The van der Waals surface area contributed by atoms with E-state index in [0.717, 1.165) is 12.8 Å². The second kappa shape index (κ2) is 20.0. The second-order valence-corrected chi connectivity index (χ2v) is 7.28. The van der Waals surface area contributed by atoms with Crippen molar-refractivity contribution in [2.45, 2.75) is 129 Å². The molecule has 2 N–H and O–H groups in total. The van der Waals surface area contributed by atoms with Crippen LogP contribution in [0.1, 0.15) is 122 Å². The van der Waals surface area contributed by atoms with Crippen LogP contribution in [0.4, 0.5) is 0 Å². The molecule has 0 aliphatic carbocycles. The van der Waals surface area contributed by atoms with Crippen LogP contribution in [-0.4, -0.2) is 22.9 Å². The molecule has 0 unspecified atom stereocenters. The Hall–Kier alpha value is -0.0800. The van der Waals surface area contributed by atoms with E-state index in [-0.39, 0.29) is 6.61 Å². The predicted octanol–water partition coefficient (Wildman–Crippen LogP) is 6.38. The van der Waals surface area contributed by atoms with Crippen LogP contribution >= 0.6 is 0 Å². The number of hydrogen-bond acceptors (Lipinski definition) is 2. The van der Waals surface area contributed by atoms with Gasteiger partial charge in [0.2, 0.25) is 0 Å². The summed E-state index contributed by atoms with van der Waals surface area (Å²) in [6, 6.07) is 0. The minimum Gasteiger partial charge on any atom is -0.394 e. The lowest BCUT2D eigenvalue weighted by Gasteiger charge is -2.06. The second-order valence-electron chi connectivity index (χ2n) is 7.28. The summed E-state index contributed by atoms with van der Waals surface area (Å²) in [5, 5.41) is 18.0. The van der Waals surface area contributed by atoms with Crippen molar-refractivity contribution in [2.24, 2.45) is 0 Å². The van der Waals surface area contributed by atoms with E-state index in [1.807, 2.05) is 0 Å². The first-order chi connectivity index (χ1) is 11.3. The Morgan fingerprint density at radius 3 is 1.13 bits per heavy atom. The zero-order chi connectivity index (χ0) is 17.0. The number of unbranched alkanes of at least 4 members (excludes halogenated alkanes) is 16. The predicted molar refractivity (Wildman–Crippen MR) is 102 cm³/mol. The average molecular weight is 329 g/mol. The summed E-state index contributed by atoms with van der Waals surface area (Å²) >= 11 is 0. The quantitative estimate of drug-likeness (QED) is 0.270. The maximum Gasteiger partial charge on any atom is 0.0770 e. The normalized spacial score (nSPS) is 12.7. The molecular weight excluding hydrogens is 284 g/mol. The van der Waals surface area contributed by atoms with Gasteiger partial charge in [0.1, 0.15) is 0 Å². The molecule has 0 radical (unpaired) electrons. The molecule has 0 spiro atoms. The monoisotopic (exact) mass is 328 g/mol. The third-order valence-electron chi connectivity index (χ3n) is 4.85. The van der Waals surface area contributed by atoms with Crippen molar-refractivity contribution in [3.05, 3.63) is 0 Å². The Bertz CT molecular complexity index is 206. The molecule has 0 heterocycles. The standard InChI is InChI=1S/C21H44O2/c1-2-3-4-5-6-7-8-9-10-11-12-13-14-15-16-17-18-19-21(23)20-22/h21-23H,2-20H2,1H3/t21-/m1/s1. The highest BCUT2D eigenvalue weighted by atomic mass is 16.3. The highest BCUT2D eigenvalue weighted by Crippen LogP contribution is 2.14. The van der Waals surface area contributed by atoms with E-state index >= 15 is 0 Å². The van der Waals surface area contributed by atoms with Crippen LogP contribution in [0.15, 0.2) is 0 Å². The molecule has 0 aliphatic rings. The van der Waals surface area contributed by atoms with Crippen LogP contribution in [0.2, 0.25) is 0 Å². The van der Waals surface area contributed by atoms with Gasteiger partial charge in [-0.25, -0.2) is 0 Å². The fourth-order valence-electron chi connectivity index (χ4n) is 3.20. The van der Waals surface area contributed by atoms with E-state index in [1.54, 1.807) is 0 Å². The molecule has 0 saturated heterocycles. The third-order valence-corrected chi connectivity index (χ3v) is 4.85. The molecule has 0 saturated carbocycles. The van der Waals surface area contributed by atoms with Gasteiger partial charge in [-0.3, -0.25) is 0 Å². The van der Waals surface area contributed by atoms with Gasteiger partial charge in [0, 0.05) is 0 Å². The lowest BCUT2D eigenvalue weighted by Crippen LogP contribution is -2.10. The first-order valence-corrected chi connectivity index (χ1v) is 10.6. The highest BCUT2D eigenvalue weighted by Gasteiger charge is 2.00. The Balaban J connectivity index is 2.97. The van der Waals surface area contributed by atoms with Crippen molar-refractivity contribution in [3.8, 4) is 0 Å². The van der Waals surface area contributed by atoms with Crippen molar-refractivity contribution in [1.82, 2.24) is 0 Å². The van der Waals surface area contributed by atoms with Gasteiger partial charge in [-0.05, 0) is 6.42 Å². The van der Waals surface area contributed by atoms with Gasteiger partial charge >= 0.3 is 0 Å². The average Bonchev–Trinajstić information content (AvgIpc) is 2.57. The van der Waals surface area contributed by atoms with Crippen molar-refractivity contribution >= 4 is 0 Å². The lowest BCUT2D eigenvalue weighted by atomic mass is 10.0. The molecule has 140 valence electrons. The van der Waals surface area contributed by atoms with Gasteiger partial charge in [0.25, 0.3) is 0 Å². The largest absolute Gasteiger partial charge is 0.394 e. The molecule has 23 heavy (non-hydrogen) atoms. The Labute approximate surface area is 146 Å². The molecule has 0 bridgehead atoms. The topological polar surface area (TPSA) is 40.5 Å². The summed E-state index contributed by atoms with van der Waals surface area (Å²) in [5.74, 6) is 0. The summed E-state index contributed by atoms with van der Waals surface area (Å²) < 4.78 is 0. The molecule has 0 aromatic rings. The first-order valence-electron chi connectivity index (χ1n) is 10.6. The fourth-order valence-corrected chi connectivity index (χ4v) is 3.20. The minimum absolute atomic E-state index is 0.0845. The van der Waals surface area contributed by atoms with E-state index in [0.29, 0.717) is 0 Å². The van der Waals surface area contributed by atoms with E-state index in [9.17, 15) is 5.11 Å². The van der Waals surface area contributed by atoms with Crippen molar-refractivity contribution in [2.75, 3.05) is 6.61 Å². The highest BCUT2D eigenvalue weighted by molar-refractivity contribution is 4.54. The van der Waals surface area contributed by atoms with Crippen LogP contribution in [0, 0.1) is 0 Å². The Morgan fingerprint density at radius 2 is 0.826 bits per heavy atom. The molecule has 0 aliphatic heterocycles. The maximum absolute atomic E-state index is 9.23. The molecule has 0 aromatic carbocycles. The molecule has 2 heteroatoms. The number of aliphatic hydroxyl groups excluding tert-OH is 2. The number of hydrogen-bond donors (Lipinski definition) is 2. The summed E-state index contributed by atoms with van der Waals surface area (Å²) in [7, 11) is 0. The van der Waals surface area contributed by atoms with Crippen LogP contribution in [0.25, 0.3) is 0 Å². The molecule has 0 amide bonds. The lowest BCUT2D eigenvalue weighted by molar-refractivity contribution is 0.0860. The molecule has 2 nitrogen and oxygen atoms in total. The van der Waals surface area contributed by atoms with Gasteiger partial charge in [-0.2, -0.15) is 0 Å². The molecule has 0 rings (SSSR count). The summed E-state index contributed by atoms with van der Waals surface area (Å²) in [6.45, 7) is 2.20. The molecule has 1 atom stereocenters. The third kappa shape index (κ3) is 19.9. The zero-order valence-corrected chi connectivity index (χ0v) is 15.9. The van der Waals surface area contributed by atoms with E-state index in [2.05, 4.69) is 6.92 Å². The van der Waals surface area contributed by atoms with Gasteiger partial charge in [-0.15, -0.1) is 0 Å². The Kier molecular flexibility index (Phi) is 19.9. The first kappa shape index (κ1) is 22.9. The van der Waals surface area contributed by atoms with Crippen LogP contribution in [-0.2, 0) is 0 Å². The Morgan fingerprint density at radius 1 is 0.522 bits per heavy atom.